The van der Waals surface area contributed by atoms with Crippen LogP contribution in [0.25, 0.3) is 33.5 Å². The lowest BCUT2D eigenvalue weighted by Gasteiger charge is -2.27. The third-order valence-corrected chi connectivity index (χ3v) is 10.5. The van der Waals surface area contributed by atoms with Gasteiger partial charge < -0.3 is 29.2 Å². The fourth-order valence-corrected chi connectivity index (χ4v) is 8.03. The number of likely N-dealkylation sites (tertiary alicyclic amines) is 1. The number of imidazole rings is 1. The molecule has 2 aromatic heterocycles. The van der Waals surface area contributed by atoms with Crippen LogP contribution >= 0.6 is 0 Å². The Morgan fingerprint density at radius 2 is 1.88 bits per heavy atom. The molecular formula is C34H41N5O3. The van der Waals surface area contributed by atoms with Crippen LogP contribution in [0.5, 0.6) is 5.75 Å². The van der Waals surface area contributed by atoms with E-state index in [0.717, 1.165) is 81.0 Å². The minimum Gasteiger partial charge on any atom is -0.494 e. The van der Waals surface area contributed by atoms with Gasteiger partial charge in [-0.1, -0.05) is 18.2 Å². The fraction of sp³-hybridized carbons (Fsp3) is 0.529. The molecule has 3 atom stereocenters. The van der Waals surface area contributed by atoms with Gasteiger partial charge in [-0.2, -0.15) is 0 Å². The fourth-order valence-electron chi connectivity index (χ4n) is 8.03. The predicted molar refractivity (Wildman–Crippen MR) is 164 cm³/mol. The Bertz CT molecular complexity index is 1680. The number of nitrogens with two attached hydrogens (primary N) is 1. The molecule has 220 valence electrons. The Morgan fingerprint density at radius 1 is 1.05 bits per heavy atom. The standard InChI is InChI=1S/C34H41N5O3/c1-37-32-26(15-25(17-29(32)41-2)34(40)39-19-24-8-9-27(39)30(24)35)36-33(37)28-16-23-5-3-4-22(14-20-10-12-42-13-11-20)31(23)38(28)18-21-6-7-21/h3-5,15-17,20-21,24,27,30H,6-14,18-19,35H2,1-2H3/t24-,27-,30-/m1/s1. The van der Waals surface area contributed by atoms with E-state index < -0.39 is 0 Å². The number of methoxy groups -OCH3 is 1. The lowest BCUT2D eigenvalue weighted by molar-refractivity contribution is 0.0666. The van der Waals surface area contributed by atoms with Crippen LogP contribution in [0.1, 0.15) is 54.4 Å². The number of ether oxygens (including phenoxy) is 2. The largest absolute Gasteiger partial charge is 0.494 e. The second-order valence-corrected chi connectivity index (χ2v) is 13.2. The molecule has 4 aromatic rings. The van der Waals surface area contributed by atoms with E-state index >= 15 is 0 Å². The number of nitrogens with zero attached hydrogens (tertiary/aromatic N) is 4. The van der Waals surface area contributed by atoms with Gasteiger partial charge in [0.05, 0.1) is 23.8 Å². The van der Waals surface area contributed by atoms with Crippen LogP contribution in [0, 0.1) is 17.8 Å². The van der Waals surface area contributed by atoms with E-state index in [-0.39, 0.29) is 18.0 Å². The topological polar surface area (TPSA) is 87.5 Å². The Kier molecular flexibility index (Phi) is 6.34. The van der Waals surface area contributed by atoms with E-state index in [1.165, 1.54) is 29.3 Å². The molecule has 2 saturated carbocycles. The third-order valence-electron chi connectivity index (χ3n) is 10.5. The van der Waals surface area contributed by atoms with Gasteiger partial charge in [0.25, 0.3) is 5.91 Å². The van der Waals surface area contributed by atoms with Gasteiger partial charge in [0.15, 0.2) is 5.82 Å². The first kappa shape index (κ1) is 26.3. The zero-order valence-corrected chi connectivity index (χ0v) is 24.7. The van der Waals surface area contributed by atoms with Gasteiger partial charge in [-0.25, -0.2) is 4.98 Å². The van der Waals surface area contributed by atoms with Crippen molar-refractivity contribution in [1.29, 1.82) is 0 Å². The number of carbonyl (C=O) groups is 1. The van der Waals surface area contributed by atoms with Crippen molar-refractivity contribution in [3.05, 3.63) is 47.5 Å². The lowest BCUT2D eigenvalue weighted by atomic mass is 9.91. The number of amides is 1. The number of hydrogen-bond acceptors (Lipinski definition) is 5. The first-order valence-electron chi connectivity index (χ1n) is 15.8. The summed E-state index contributed by atoms with van der Waals surface area (Å²) in [6.45, 7) is 3.49. The maximum absolute atomic E-state index is 13.7. The van der Waals surface area contributed by atoms with Gasteiger partial charge in [0.1, 0.15) is 11.3 Å². The number of benzene rings is 2. The van der Waals surface area contributed by atoms with Gasteiger partial charge in [0, 0.05) is 56.4 Å². The molecule has 42 heavy (non-hydrogen) atoms. The van der Waals surface area contributed by atoms with E-state index in [2.05, 4.69) is 40.4 Å². The molecule has 4 heterocycles. The lowest BCUT2D eigenvalue weighted by Crippen LogP contribution is -2.41. The zero-order chi connectivity index (χ0) is 28.5. The average Bonchev–Trinajstić information content (AvgIpc) is 3.39. The molecule has 4 aliphatic rings. The summed E-state index contributed by atoms with van der Waals surface area (Å²) in [5.74, 6) is 3.40. The second-order valence-electron chi connectivity index (χ2n) is 13.2. The SMILES string of the molecule is COc1cc(C(=O)N2C[C@H]3CC[C@@H]2[C@@H]3N)cc2nc(-c3cc4cccc(CC5CCOCC5)c4n3CC3CC3)n(C)c12. The van der Waals surface area contributed by atoms with Crippen LogP contribution in [0.15, 0.2) is 36.4 Å². The van der Waals surface area contributed by atoms with Crippen molar-refractivity contribution in [3.8, 4) is 17.3 Å². The monoisotopic (exact) mass is 567 g/mol. The Morgan fingerprint density at radius 3 is 2.60 bits per heavy atom. The molecule has 2 aliphatic heterocycles. The molecule has 1 amide bonds. The summed E-state index contributed by atoms with van der Waals surface area (Å²) in [4.78, 5) is 20.9. The van der Waals surface area contributed by atoms with E-state index in [1.807, 2.05) is 17.0 Å². The first-order valence-corrected chi connectivity index (χ1v) is 15.8. The van der Waals surface area contributed by atoms with E-state index in [1.54, 1.807) is 7.11 Å². The number of aryl methyl sites for hydroxylation is 1. The second kappa shape index (κ2) is 10.1. The molecule has 8 rings (SSSR count). The Hall–Kier alpha value is -3.36. The number of para-hydroxylation sites is 1. The highest BCUT2D eigenvalue weighted by Gasteiger charge is 2.47. The van der Waals surface area contributed by atoms with Crippen molar-refractivity contribution in [2.75, 3.05) is 26.9 Å². The number of rotatable bonds is 7. The van der Waals surface area contributed by atoms with Crippen molar-refractivity contribution in [2.24, 2.45) is 30.5 Å². The van der Waals surface area contributed by atoms with Crippen LogP contribution < -0.4 is 10.5 Å². The maximum Gasteiger partial charge on any atom is 0.254 e. The molecule has 2 N–H and O–H groups in total. The van der Waals surface area contributed by atoms with Gasteiger partial charge in [-0.3, -0.25) is 4.79 Å². The molecule has 2 bridgehead atoms. The van der Waals surface area contributed by atoms with Crippen molar-refractivity contribution < 1.29 is 14.3 Å². The van der Waals surface area contributed by atoms with Crippen LogP contribution in [-0.4, -0.2) is 63.9 Å². The third kappa shape index (κ3) is 4.25. The minimum absolute atomic E-state index is 0.0330. The quantitative estimate of drug-likeness (QED) is 0.334. The summed E-state index contributed by atoms with van der Waals surface area (Å²) in [5.41, 5.74) is 12.7. The van der Waals surface area contributed by atoms with E-state index in [4.69, 9.17) is 20.2 Å². The normalized spacial score (nSPS) is 24.4. The predicted octanol–water partition coefficient (Wildman–Crippen LogP) is 5.14. The zero-order valence-electron chi connectivity index (χ0n) is 24.7. The summed E-state index contributed by atoms with van der Waals surface area (Å²) in [6.07, 6.45) is 8.01. The summed E-state index contributed by atoms with van der Waals surface area (Å²) in [6, 6.07) is 13.1. The van der Waals surface area contributed by atoms with Crippen LogP contribution in [0.2, 0.25) is 0 Å². The Balaban J connectivity index is 1.22. The van der Waals surface area contributed by atoms with E-state index in [0.29, 0.717) is 29.1 Å². The highest BCUT2D eigenvalue weighted by molar-refractivity contribution is 6.00. The highest BCUT2D eigenvalue weighted by Crippen LogP contribution is 2.41. The van der Waals surface area contributed by atoms with Gasteiger partial charge in [-0.05, 0) is 86.5 Å². The molecule has 8 heteroatoms. The van der Waals surface area contributed by atoms with E-state index in [9.17, 15) is 4.79 Å². The molecule has 2 aromatic carbocycles. The number of aromatic nitrogens is 3. The van der Waals surface area contributed by atoms with Crippen molar-refractivity contribution in [1.82, 2.24) is 19.0 Å². The molecule has 2 aliphatic carbocycles. The van der Waals surface area contributed by atoms with Gasteiger partial charge >= 0.3 is 0 Å². The van der Waals surface area contributed by atoms with Gasteiger partial charge in [-0.15, -0.1) is 0 Å². The van der Waals surface area contributed by atoms with Crippen LogP contribution in [0.3, 0.4) is 0 Å². The average molecular weight is 568 g/mol. The number of carbonyl (C=O) groups excluding carboxylic acids is 1. The maximum atomic E-state index is 13.7. The molecule has 8 nitrogen and oxygen atoms in total. The summed E-state index contributed by atoms with van der Waals surface area (Å²) in [7, 11) is 3.74. The van der Waals surface area contributed by atoms with Crippen molar-refractivity contribution >= 4 is 27.8 Å². The molecule has 0 spiro atoms. The number of piperidine rings is 1. The first-order chi connectivity index (χ1) is 20.5. The molecule has 0 unspecified atom stereocenters. The van der Waals surface area contributed by atoms with Crippen LogP contribution in [-0.2, 0) is 24.8 Å². The minimum atomic E-state index is 0.0330. The van der Waals surface area contributed by atoms with Crippen LogP contribution in [0.4, 0.5) is 0 Å². The summed E-state index contributed by atoms with van der Waals surface area (Å²) < 4.78 is 16.2. The highest BCUT2D eigenvalue weighted by atomic mass is 16.5. The smallest absolute Gasteiger partial charge is 0.254 e. The molecule has 4 fully saturated rings. The van der Waals surface area contributed by atoms with Gasteiger partial charge in [0.2, 0.25) is 0 Å². The molecule has 0 radical (unpaired) electrons. The van der Waals surface area contributed by atoms with Crippen molar-refractivity contribution in [3.63, 3.8) is 0 Å². The molecular weight excluding hydrogens is 526 g/mol. The Labute approximate surface area is 246 Å². The number of fused-ring (bicyclic) bond motifs is 4. The number of hydrogen-bond donors (Lipinski definition) is 1. The summed E-state index contributed by atoms with van der Waals surface area (Å²) >= 11 is 0. The summed E-state index contributed by atoms with van der Waals surface area (Å²) in [5, 5.41) is 1.27. The van der Waals surface area contributed by atoms with Crippen molar-refractivity contribution in [2.45, 2.75) is 63.6 Å². The molecule has 2 saturated heterocycles.